The minimum atomic E-state index is -4.04. The molecule has 0 radical (unpaired) electrons. The highest BCUT2D eigenvalue weighted by Crippen LogP contribution is 2.22. The molecule has 0 aromatic rings. The average Bonchev–Trinajstić information content (AvgIpc) is 2.18. The third-order valence-corrected chi connectivity index (χ3v) is 2.07. The van der Waals surface area contributed by atoms with Crippen molar-refractivity contribution in [2.24, 2.45) is 0 Å². The van der Waals surface area contributed by atoms with Crippen LogP contribution in [0, 0.1) is 0 Å². The zero-order chi connectivity index (χ0) is 13.1. The monoisotopic (exact) mass is 252 g/mol. The Kier molecular flexibility index (Phi) is 8.54. The van der Waals surface area contributed by atoms with E-state index in [1.807, 2.05) is 6.08 Å². The van der Waals surface area contributed by atoms with E-state index < -0.39 is 12.6 Å². The third kappa shape index (κ3) is 15.0. The fourth-order valence-electron chi connectivity index (χ4n) is 1.24. The van der Waals surface area contributed by atoms with Crippen molar-refractivity contribution in [2.45, 2.75) is 51.6 Å². The van der Waals surface area contributed by atoms with Crippen LogP contribution in [0.25, 0.3) is 0 Å². The predicted molar refractivity (Wildman–Crippen MR) is 59.5 cm³/mol. The molecule has 5 heteroatoms. The van der Waals surface area contributed by atoms with Crippen LogP contribution in [0.15, 0.2) is 12.2 Å². The van der Waals surface area contributed by atoms with E-state index in [0.717, 1.165) is 19.3 Å². The summed E-state index contributed by atoms with van der Waals surface area (Å²) in [4.78, 5) is 10.4. The molecule has 0 unspecified atom stereocenters. The molecule has 0 rings (SSSR count). The Morgan fingerprint density at radius 2 is 1.71 bits per heavy atom. The molecule has 17 heavy (non-hydrogen) atoms. The van der Waals surface area contributed by atoms with Crippen LogP contribution in [-0.4, -0.2) is 18.8 Å². The number of carbonyl (C=O) groups excluding carboxylic acids is 1. The lowest BCUT2D eigenvalue weighted by atomic mass is 10.2. The van der Waals surface area contributed by atoms with E-state index in [-0.39, 0.29) is 12.4 Å². The van der Waals surface area contributed by atoms with Crippen LogP contribution in [0.5, 0.6) is 0 Å². The van der Waals surface area contributed by atoms with Crippen LogP contribution in [0.2, 0.25) is 0 Å². The number of alkyl halides is 3. The molecule has 0 saturated carbocycles. The number of hydrogen-bond donors (Lipinski definition) is 0. The maximum atomic E-state index is 11.8. The molecule has 0 fully saturated rings. The van der Waals surface area contributed by atoms with Gasteiger partial charge in [-0.2, -0.15) is 13.2 Å². The van der Waals surface area contributed by atoms with Crippen molar-refractivity contribution in [1.82, 2.24) is 0 Å². The van der Waals surface area contributed by atoms with Crippen LogP contribution in [0.4, 0.5) is 13.2 Å². The van der Waals surface area contributed by atoms with E-state index in [1.54, 1.807) is 6.08 Å². The van der Waals surface area contributed by atoms with Crippen molar-refractivity contribution >= 4 is 5.97 Å². The van der Waals surface area contributed by atoms with Gasteiger partial charge >= 0.3 is 12.1 Å². The van der Waals surface area contributed by atoms with Gasteiger partial charge in [-0.15, -0.1) is 0 Å². The van der Waals surface area contributed by atoms with Crippen LogP contribution >= 0.6 is 0 Å². The molecule has 0 aromatic heterocycles. The lowest BCUT2D eigenvalue weighted by Gasteiger charge is -2.03. The van der Waals surface area contributed by atoms with E-state index in [4.69, 9.17) is 4.74 Å². The highest BCUT2D eigenvalue weighted by atomic mass is 19.4. The number of allylic oxidation sites excluding steroid dienone is 2. The Hall–Kier alpha value is -1.00. The maximum Gasteiger partial charge on any atom is 0.389 e. The summed E-state index contributed by atoms with van der Waals surface area (Å²) in [6.07, 6.45) is 1.98. The molecule has 2 nitrogen and oxygen atoms in total. The fourth-order valence-corrected chi connectivity index (χ4v) is 1.24. The first kappa shape index (κ1) is 16.0. The minimum absolute atomic E-state index is 0.146. The van der Waals surface area contributed by atoms with Crippen molar-refractivity contribution in [2.75, 3.05) is 6.61 Å². The van der Waals surface area contributed by atoms with Crippen LogP contribution in [-0.2, 0) is 9.53 Å². The van der Waals surface area contributed by atoms with Crippen LogP contribution < -0.4 is 0 Å². The SMILES string of the molecule is CC(=O)OCCCC/C=C\CCCC(F)(F)F. The summed E-state index contributed by atoms with van der Waals surface area (Å²) < 4.78 is 40.0. The molecular weight excluding hydrogens is 233 g/mol. The highest BCUT2D eigenvalue weighted by Gasteiger charge is 2.25. The highest BCUT2D eigenvalue weighted by molar-refractivity contribution is 5.65. The molecule has 0 aliphatic heterocycles. The van der Waals surface area contributed by atoms with Gasteiger partial charge in [-0.05, 0) is 32.1 Å². The number of unbranched alkanes of at least 4 members (excludes halogenated alkanes) is 3. The maximum absolute atomic E-state index is 11.8. The van der Waals surface area contributed by atoms with Gasteiger partial charge in [0, 0.05) is 13.3 Å². The first-order chi connectivity index (χ1) is 7.92. The second-order valence-electron chi connectivity index (χ2n) is 3.81. The van der Waals surface area contributed by atoms with Crippen LogP contribution in [0.3, 0.4) is 0 Å². The minimum Gasteiger partial charge on any atom is -0.466 e. The first-order valence-electron chi connectivity index (χ1n) is 5.77. The van der Waals surface area contributed by atoms with Crippen molar-refractivity contribution in [3.63, 3.8) is 0 Å². The van der Waals surface area contributed by atoms with Gasteiger partial charge in [-0.25, -0.2) is 0 Å². The summed E-state index contributed by atoms with van der Waals surface area (Å²) in [7, 11) is 0. The van der Waals surface area contributed by atoms with E-state index >= 15 is 0 Å². The van der Waals surface area contributed by atoms with Gasteiger partial charge in [0.05, 0.1) is 6.61 Å². The zero-order valence-electron chi connectivity index (χ0n) is 10.1. The largest absolute Gasteiger partial charge is 0.466 e. The van der Waals surface area contributed by atoms with Crippen molar-refractivity contribution in [1.29, 1.82) is 0 Å². The molecule has 0 heterocycles. The molecule has 0 aliphatic carbocycles. The lowest BCUT2D eigenvalue weighted by molar-refractivity contribution is -0.141. The van der Waals surface area contributed by atoms with Crippen molar-refractivity contribution in [3.05, 3.63) is 12.2 Å². The predicted octanol–water partition coefficient (Wildman–Crippen LogP) is 4.01. The molecule has 0 atom stereocenters. The second-order valence-corrected chi connectivity index (χ2v) is 3.81. The fraction of sp³-hybridized carbons (Fsp3) is 0.750. The topological polar surface area (TPSA) is 26.3 Å². The summed E-state index contributed by atoms with van der Waals surface area (Å²) in [5.74, 6) is -0.285. The molecule has 0 bridgehead atoms. The molecule has 0 amide bonds. The Bertz CT molecular complexity index is 234. The van der Waals surface area contributed by atoms with Gasteiger partial charge in [-0.3, -0.25) is 4.79 Å². The van der Waals surface area contributed by atoms with E-state index in [2.05, 4.69) is 0 Å². The third-order valence-electron chi connectivity index (χ3n) is 2.07. The number of halogens is 3. The Balaban J connectivity index is 3.23. The first-order valence-corrected chi connectivity index (χ1v) is 5.77. The van der Waals surface area contributed by atoms with Gasteiger partial charge in [0.25, 0.3) is 0 Å². The Labute approximate surface area is 99.8 Å². The summed E-state index contributed by atoms with van der Waals surface area (Å²) in [6.45, 7) is 1.78. The molecule has 0 N–H and O–H groups in total. The van der Waals surface area contributed by atoms with E-state index in [9.17, 15) is 18.0 Å². The molecule has 0 aromatic carbocycles. The van der Waals surface area contributed by atoms with Gasteiger partial charge < -0.3 is 4.74 Å². The Morgan fingerprint density at radius 1 is 1.12 bits per heavy atom. The molecule has 100 valence electrons. The Morgan fingerprint density at radius 3 is 2.24 bits per heavy atom. The van der Waals surface area contributed by atoms with Gasteiger partial charge in [0.2, 0.25) is 0 Å². The number of hydrogen-bond acceptors (Lipinski definition) is 2. The van der Waals surface area contributed by atoms with Crippen LogP contribution in [0.1, 0.15) is 45.4 Å². The number of esters is 1. The van der Waals surface area contributed by atoms with Gasteiger partial charge in [0.15, 0.2) is 0 Å². The summed E-state index contributed by atoms with van der Waals surface area (Å²) in [6, 6.07) is 0. The molecule has 0 spiro atoms. The number of ether oxygens (including phenoxy) is 1. The van der Waals surface area contributed by atoms with Crippen molar-refractivity contribution in [3.8, 4) is 0 Å². The quantitative estimate of drug-likeness (QED) is 0.370. The lowest BCUT2D eigenvalue weighted by Crippen LogP contribution is -2.05. The standard InChI is InChI=1S/C12H19F3O2/c1-11(16)17-10-8-6-4-2-3-5-7-9-12(13,14)15/h2-3H,4-10H2,1H3/b3-2-. The number of carbonyl (C=O) groups is 1. The normalized spacial score (nSPS) is 12.0. The smallest absolute Gasteiger partial charge is 0.389 e. The summed E-state index contributed by atoms with van der Waals surface area (Å²) in [5.41, 5.74) is 0. The number of rotatable bonds is 8. The molecule has 0 aliphatic rings. The van der Waals surface area contributed by atoms with E-state index in [0.29, 0.717) is 13.0 Å². The second kappa shape index (κ2) is 9.07. The van der Waals surface area contributed by atoms with E-state index in [1.165, 1.54) is 6.92 Å². The molecule has 0 saturated heterocycles. The summed E-state index contributed by atoms with van der Waals surface area (Å²) in [5, 5.41) is 0. The average molecular weight is 252 g/mol. The van der Waals surface area contributed by atoms with Crippen molar-refractivity contribution < 1.29 is 22.7 Å². The summed E-state index contributed by atoms with van der Waals surface area (Å²) >= 11 is 0. The van der Waals surface area contributed by atoms with Gasteiger partial charge in [0.1, 0.15) is 0 Å². The van der Waals surface area contributed by atoms with Gasteiger partial charge in [-0.1, -0.05) is 12.2 Å². The zero-order valence-corrected chi connectivity index (χ0v) is 10.1. The molecular formula is C12H19F3O2.